The molecule has 38 heavy (non-hydrogen) atoms. The molecule has 0 saturated carbocycles. The highest BCUT2D eigenvalue weighted by atomic mass is 32.1. The molecule has 0 bridgehead atoms. The van der Waals surface area contributed by atoms with Crippen molar-refractivity contribution < 1.29 is 18.6 Å². The molecule has 2 aliphatic heterocycles. The Hall–Kier alpha value is -3.43. The Kier molecular flexibility index (Phi) is 5.96. The van der Waals surface area contributed by atoms with Crippen molar-refractivity contribution in [3.63, 3.8) is 0 Å². The number of nitrogens with two attached hydrogens (primary N) is 1. The Bertz CT molecular complexity index is 1650. The second-order valence-corrected chi connectivity index (χ2v) is 11.2. The summed E-state index contributed by atoms with van der Waals surface area (Å²) in [6, 6.07) is 4.99. The van der Waals surface area contributed by atoms with Gasteiger partial charge in [0.05, 0.1) is 30.9 Å². The third kappa shape index (κ3) is 3.63. The molecule has 8 nitrogen and oxygen atoms in total. The molecular weight excluding hydrogens is 510 g/mol. The maximum absolute atomic E-state index is 16.5. The molecule has 2 aromatic carbocycles. The summed E-state index contributed by atoms with van der Waals surface area (Å²) >= 11 is 1.16. The van der Waals surface area contributed by atoms with Crippen LogP contribution >= 0.6 is 11.3 Å². The van der Waals surface area contributed by atoms with Gasteiger partial charge < -0.3 is 20.5 Å². The number of nitrogen functional groups attached to an aromatic ring is 1. The topological polar surface area (TPSA) is 112 Å². The van der Waals surface area contributed by atoms with Crippen molar-refractivity contribution in [1.82, 2.24) is 14.9 Å². The van der Waals surface area contributed by atoms with Crippen molar-refractivity contribution in [2.24, 2.45) is 0 Å². The van der Waals surface area contributed by atoms with Gasteiger partial charge in [0.15, 0.2) is 5.82 Å². The Morgan fingerprint density at radius 3 is 2.74 bits per heavy atom. The van der Waals surface area contributed by atoms with E-state index in [9.17, 15) is 10.4 Å². The molecule has 0 unspecified atom stereocenters. The second-order valence-electron chi connectivity index (χ2n) is 10.1. The van der Waals surface area contributed by atoms with Crippen LogP contribution in [0.4, 0.5) is 19.7 Å². The normalized spacial score (nSPS) is 19.3. The number of nitrogens with zero attached hydrogens (tertiary/aromatic N) is 5. The van der Waals surface area contributed by atoms with E-state index in [1.165, 1.54) is 6.07 Å². The maximum atomic E-state index is 16.5. The minimum Gasteiger partial charge on any atom is -0.390 e. The zero-order valence-electron chi connectivity index (χ0n) is 21.1. The van der Waals surface area contributed by atoms with Crippen molar-refractivity contribution in [3.05, 3.63) is 46.7 Å². The lowest BCUT2D eigenvalue weighted by atomic mass is 9.90. The number of likely N-dealkylation sites (N-methyl/N-ethyl adjacent to an activating group) is 1. The number of anilines is 2. The summed E-state index contributed by atoms with van der Waals surface area (Å²) in [5.74, 6) is -1.07. The van der Waals surface area contributed by atoms with Gasteiger partial charge in [0.2, 0.25) is 5.95 Å². The van der Waals surface area contributed by atoms with Crippen LogP contribution in [-0.4, -0.2) is 58.3 Å². The van der Waals surface area contributed by atoms with E-state index in [-0.39, 0.29) is 58.5 Å². The van der Waals surface area contributed by atoms with Gasteiger partial charge in [0.1, 0.15) is 22.4 Å². The number of aliphatic hydroxyl groups excluding tert-OH is 1. The molecule has 0 radical (unpaired) electrons. The first-order valence-electron chi connectivity index (χ1n) is 12.3. The predicted octanol–water partition coefficient (Wildman–Crippen LogP) is 4.16. The summed E-state index contributed by atoms with van der Waals surface area (Å²) in [6.45, 7) is 5.21. The lowest BCUT2D eigenvalue weighted by molar-refractivity contribution is 0.0823. The van der Waals surface area contributed by atoms with Crippen LogP contribution < -0.4 is 10.6 Å². The predicted molar refractivity (Wildman–Crippen MR) is 143 cm³/mol. The summed E-state index contributed by atoms with van der Waals surface area (Å²) < 4.78 is 38.3. The highest BCUT2D eigenvalue weighted by molar-refractivity contribution is 7.23. The quantitative estimate of drug-likeness (QED) is 0.400. The van der Waals surface area contributed by atoms with Crippen LogP contribution in [0, 0.1) is 23.0 Å². The molecule has 11 heteroatoms. The zero-order chi connectivity index (χ0) is 26.9. The molecule has 6 rings (SSSR count). The van der Waals surface area contributed by atoms with Crippen LogP contribution in [-0.2, 0) is 18.0 Å². The molecule has 0 aliphatic carbocycles. The van der Waals surface area contributed by atoms with E-state index >= 15 is 8.78 Å². The van der Waals surface area contributed by atoms with Crippen LogP contribution in [0.15, 0.2) is 18.3 Å². The number of hydrogen-bond donors (Lipinski definition) is 2. The van der Waals surface area contributed by atoms with E-state index in [4.69, 9.17) is 10.5 Å². The molecule has 3 N–H and O–H groups in total. The highest BCUT2D eigenvalue weighted by Crippen LogP contribution is 2.46. The molecule has 1 fully saturated rings. The molecule has 2 aliphatic rings. The lowest BCUT2D eigenvalue weighted by Gasteiger charge is -2.29. The maximum Gasteiger partial charge on any atom is 0.226 e. The molecule has 1 saturated heterocycles. The van der Waals surface area contributed by atoms with Crippen LogP contribution in [0.1, 0.15) is 30.5 Å². The van der Waals surface area contributed by atoms with Gasteiger partial charge in [-0.15, -0.1) is 11.3 Å². The van der Waals surface area contributed by atoms with Gasteiger partial charge in [-0.05, 0) is 44.2 Å². The number of hydrogen-bond acceptors (Lipinski definition) is 9. The smallest absolute Gasteiger partial charge is 0.226 e. The van der Waals surface area contributed by atoms with E-state index in [0.29, 0.717) is 39.7 Å². The molecule has 196 valence electrons. The van der Waals surface area contributed by atoms with E-state index in [1.807, 2.05) is 11.9 Å². The molecule has 0 spiro atoms. The fraction of sp³-hybridized carbons (Fsp3) is 0.370. The van der Waals surface area contributed by atoms with Crippen LogP contribution in [0.3, 0.4) is 0 Å². The van der Waals surface area contributed by atoms with Crippen LogP contribution in [0.2, 0.25) is 0 Å². The minimum atomic E-state index is -0.705. The SMILES string of the molecule is CC(C)N(C)[C@H]1CN(c2ncc3c4c(c(-c5c(F)ccc6sc(N)c(C#N)c56)c(F)c3n2)COC4)C[C@H]1O. The number of β-amino-alcohol motifs (C(OH)–C–C–N with tert-alkyl or cyclic N) is 1. The van der Waals surface area contributed by atoms with E-state index < -0.39 is 17.7 Å². The van der Waals surface area contributed by atoms with Crippen LogP contribution in [0.25, 0.3) is 32.1 Å². The summed E-state index contributed by atoms with van der Waals surface area (Å²) in [6.07, 6.45) is 0.958. The van der Waals surface area contributed by atoms with Gasteiger partial charge in [0, 0.05) is 51.9 Å². The Morgan fingerprint density at radius 2 is 2.00 bits per heavy atom. The van der Waals surface area contributed by atoms with Gasteiger partial charge >= 0.3 is 0 Å². The summed E-state index contributed by atoms with van der Waals surface area (Å²) in [4.78, 5) is 13.0. The van der Waals surface area contributed by atoms with E-state index in [0.717, 1.165) is 11.3 Å². The largest absolute Gasteiger partial charge is 0.390 e. The minimum absolute atomic E-state index is 0.0106. The number of thiophene rings is 1. The molecular formula is C27H26F2N6O2S. The third-order valence-corrected chi connectivity index (χ3v) is 8.75. The fourth-order valence-electron chi connectivity index (χ4n) is 5.57. The van der Waals surface area contributed by atoms with Crippen molar-refractivity contribution in [1.29, 1.82) is 5.26 Å². The lowest BCUT2D eigenvalue weighted by Crippen LogP contribution is -2.44. The van der Waals surface area contributed by atoms with E-state index in [1.54, 1.807) is 12.3 Å². The van der Waals surface area contributed by atoms with Gasteiger partial charge in [-0.1, -0.05) is 0 Å². The van der Waals surface area contributed by atoms with Crippen LogP contribution in [0.5, 0.6) is 0 Å². The van der Waals surface area contributed by atoms with Gasteiger partial charge in [-0.3, -0.25) is 4.90 Å². The molecule has 4 heterocycles. The number of benzene rings is 2. The Balaban J connectivity index is 1.56. The van der Waals surface area contributed by atoms with Crippen molar-refractivity contribution >= 4 is 43.3 Å². The number of halogens is 2. The van der Waals surface area contributed by atoms with Crippen molar-refractivity contribution in [2.75, 3.05) is 30.8 Å². The van der Waals surface area contributed by atoms with E-state index in [2.05, 4.69) is 34.8 Å². The van der Waals surface area contributed by atoms with Gasteiger partial charge in [0.25, 0.3) is 0 Å². The number of fused-ring (bicyclic) bond motifs is 4. The molecule has 0 amide bonds. The van der Waals surface area contributed by atoms with Crippen molar-refractivity contribution in [2.45, 2.75) is 45.2 Å². The summed E-state index contributed by atoms with van der Waals surface area (Å²) in [5, 5.41) is 21.5. The number of aromatic nitrogens is 2. The number of ether oxygens (including phenoxy) is 1. The van der Waals surface area contributed by atoms with Crippen molar-refractivity contribution in [3.8, 4) is 17.2 Å². The second kappa shape index (κ2) is 9.10. The Morgan fingerprint density at radius 1 is 1.24 bits per heavy atom. The van der Waals surface area contributed by atoms with Gasteiger partial charge in [-0.25, -0.2) is 18.7 Å². The number of nitriles is 1. The molecule has 2 aromatic heterocycles. The summed E-state index contributed by atoms with van der Waals surface area (Å²) in [5.41, 5.74) is 7.46. The fourth-order valence-corrected chi connectivity index (χ4v) is 6.50. The molecule has 4 aromatic rings. The zero-order valence-corrected chi connectivity index (χ0v) is 21.9. The number of rotatable bonds is 4. The monoisotopic (exact) mass is 536 g/mol. The first-order valence-corrected chi connectivity index (χ1v) is 13.2. The number of aliphatic hydroxyl groups is 1. The first-order chi connectivity index (χ1) is 18.2. The standard InChI is InChI=1S/C27H26F2N6O2S/c1-12(2)34(3)18-8-35(9-19(18)36)27-32-7-14-15-10-37-11-16(15)22(24(29)25(14)33-27)23-17(28)4-5-20-21(23)13(6-30)26(31)38-20/h4-5,7,12,18-19,36H,8-11,31H2,1-3H3/t18-,19+/m0/s1. The average molecular weight is 537 g/mol. The van der Waals surface area contributed by atoms with Gasteiger partial charge in [-0.2, -0.15) is 5.26 Å². The Labute approximate surface area is 221 Å². The first kappa shape index (κ1) is 24.9. The third-order valence-electron chi connectivity index (χ3n) is 7.76. The average Bonchev–Trinajstić information content (AvgIpc) is 3.61. The highest BCUT2D eigenvalue weighted by Gasteiger charge is 2.37. The summed E-state index contributed by atoms with van der Waals surface area (Å²) in [7, 11) is 1.96. The molecule has 2 atom stereocenters.